The van der Waals surface area contributed by atoms with Gasteiger partial charge in [-0.1, -0.05) is 18.2 Å². The molecule has 1 unspecified atom stereocenters. The summed E-state index contributed by atoms with van der Waals surface area (Å²) in [7, 11) is 1.35. The number of benzene rings is 1. The minimum absolute atomic E-state index is 0.374. The van der Waals surface area contributed by atoms with Crippen LogP contribution in [0.2, 0.25) is 0 Å². The molecule has 1 heterocycles. The summed E-state index contributed by atoms with van der Waals surface area (Å²) in [5, 5.41) is 5.77. The lowest BCUT2D eigenvalue weighted by molar-refractivity contribution is -0.141. The van der Waals surface area contributed by atoms with Crippen molar-refractivity contribution >= 4 is 28.6 Å². The molecule has 1 atom stereocenters. The summed E-state index contributed by atoms with van der Waals surface area (Å²) in [4.78, 5) is 11.2. The van der Waals surface area contributed by atoms with Crippen LogP contribution in [0, 0.1) is 0 Å². The van der Waals surface area contributed by atoms with Crippen LogP contribution < -0.4 is 5.73 Å². The summed E-state index contributed by atoms with van der Waals surface area (Å²) in [6.07, 6.45) is 0. The Morgan fingerprint density at radius 1 is 1.50 bits per heavy atom. The summed E-state index contributed by atoms with van der Waals surface area (Å²) in [5.41, 5.74) is 7.89. The molecule has 0 aliphatic heterocycles. The van der Waals surface area contributed by atoms with Gasteiger partial charge in [0.15, 0.2) is 0 Å². The van der Waals surface area contributed by atoms with Gasteiger partial charge in [-0.05, 0) is 13.0 Å². The van der Waals surface area contributed by atoms with E-state index in [9.17, 15) is 4.79 Å². The summed E-state index contributed by atoms with van der Waals surface area (Å²) in [6, 6.07) is 7.59. The number of methoxy groups -OCH3 is 1. The maximum Gasteiger partial charge on any atom is 0.323 e. The Bertz CT molecular complexity index is 597. The van der Waals surface area contributed by atoms with Crippen molar-refractivity contribution in [2.75, 3.05) is 12.9 Å². The molecular formula is C14H19N3O2S. The molecule has 0 radical (unpaired) electrons. The quantitative estimate of drug-likeness (QED) is 0.822. The second-order valence-electron chi connectivity index (χ2n) is 4.42. The number of carbonyl (C=O) groups excluding carboxylic acids is 1. The molecule has 0 saturated heterocycles. The Morgan fingerprint density at radius 2 is 2.25 bits per heavy atom. The van der Waals surface area contributed by atoms with Crippen molar-refractivity contribution in [3.05, 3.63) is 30.0 Å². The maximum atomic E-state index is 11.2. The fourth-order valence-corrected chi connectivity index (χ4v) is 2.96. The van der Waals surface area contributed by atoms with E-state index < -0.39 is 6.04 Å². The van der Waals surface area contributed by atoms with E-state index in [-0.39, 0.29) is 5.97 Å². The first-order valence-corrected chi connectivity index (χ1v) is 7.68. The molecule has 20 heavy (non-hydrogen) atoms. The molecule has 1 aromatic carbocycles. The molecule has 1 aromatic heterocycles. The number of thioether (sulfide) groups is 1. The number of fused-ring (bicyclic) bond motifs is 1. The highest BCUT2D eigenvalue weighted by atomic mass is 32.2. The van der Waals surface area contributed by atoms with Gasteiger partial charge in [0, 0.05) is 23.4 Å². The molecule has 0 fully saturated rings. The van der Waals surface area contributed by atoms with E-state index in [1.54, 1.807) is 11.8 Å². The zero-order valence-corrected chi connectivity index (χ0v) is 12.5. The Balaban J connectivity index is 2.05. The highest BCUT2D eigenvalue weighted by Gasteiger charge is 2.15. The summed E-state index contributed by atoms with van der Waals surface area (Å²) in [6.45, 7) is 2.91. The molecule has 0 aliphatic carbocycles. The van der Waals surface area contributed by atoms with Crippen LogP contribution in [0.25, 0.3) is 10.9 Å². The van der Waals surface area contributed by atoms with Crippen LogP contribution in [0.5, 0.6) is 0 Å². The molecule has 5 nitrogen and oxygen atoms in total. The predicted molar refractivity (Wildman–Crippen MR) is 81.6 cm³/mol. The van der Waals surface area contributed by atoms with Gasteiger partial charge >= 0.3 is 5.97 Å². The zero-order valence-electron chi connectivity index (χ0n) is 11.7. The lowest BCUT2D eigenvalue weighted by Gasteiger charge is -2.07. The Morgan fingerprint density at radius 3 is 2.95 bits per heavy atom. The van der Waals surface area contributed by atoms with E-state index in [4.69, 9.17) is 5.73 Å². The largest absolute Gasteiger partial charge is 0.468 e. The lowest BCUT2D eigenvalue weighted by atomic mass is 10.2. The van der Waals surface area contributed by atoms with E-state index in [1.165, 1.54) is 7.11 Å². The van der Waals surface area contributed by atoms with Crippen molar-refractivity contribution < 1.29 is 9.53 Å². The fraction of sp³-hybridized carbons (Fsp3) is 0.429. The Labute approximate surface area is 122 Å². The smallest absolute Gasteiger partial charge is 0.323 e. The van der Waals surface area contributed by atoms with Crippen LogP contribution in [-0.2, 0) is 21.8 Å². The average Bonchev–Trinajstić information content (AvgIpc) is 2.84. The van der Waals surface area contributed by atoms with Crippen LogP contribution in [0.15, 0.2) is 24.3 Å². The third-order valence-corrected chi connectivity index (χ3v) is 4.15. The molecule has 0 amide bonds. The van der Waals surface area contributed by atoms with Crippen molar-refractivity contribution in [1.29, 1.82) is 0 Å². The van der Waals surface area contributed by atoms with Crippen LogP contribution in [0.4, 0.5) is 0 Å². The molecule has 0 spiro atoms. The third kappa shape index (κ3) is 3.13. The van der Waals surface area contributed by atoms with E-state index in [1.807, 2.05) is 16.8 Å². The van der Waals surface area contributed by atoms with Gasteiger partial charge in [-0.2, -0.15) is 16.9 Å². The number of hydrogen-bond donors (Lipinski definition) is 1. The third-order valence-electron chi connectivity index (χ3n) is 3.07. The number of esters is 1. The van der Waals surface area contributed by atoms with Gasteiger partial charge in [-0.25, -0.2) is 0 Å². The SMILES string of the molecule is CCn1nc(CSCC(N)C(=O)OC)c2ccccc21. The molecule has 2 N–H and O–H groups in total. The van der Waals surface area contributed by atoms with Crippen LogP contribution >= 0.6 is 11.8 Å². The highest BCUT2D eigenvalue weighted by molar-refractivity contribution is 7.98. The molecule has 0 bridgehead atoms. The number of para-hydroxylation sites is 1. The zero-order chi connectivity index (χ0) is 14.5. The Kier molecular flexibility index (Phi) is 5.03. The summed E-state index contributed by atoms with van der Waals surface area (Å²) in [5.74, 6) is 0.888. The molecule has 0 saturated carbocycles. The Hall–Kier alpha value is -1.53. The molecule has 6 heteroatoms. The van der Waals surface area contributed by atoms with Crippen LogP contribution in [0.1, 0.15) is 12.6 Å². The molecule has 2 rings (SSSR count). The van der Waals surface area contributed by atoms with E-state index in [0.717, 1.165) is 28.9 Å². The fourth-order valence-electron chi connectivity index (χ4n) is 2.05. The second-order valence-corrected chi connectivity index (χ2v) is 5.45. The standard InChI is InChI=1S/C14H19N3O2S/c1-3-17-13-7-5-4-6-10(13)12(16-17)9-20-8-11(15)14(18)19-2/h4-7,11H,3,8-9,15H2,1-2H3. The van der Waals surface area contributed by atoms with Gasteiger partial charge in [0.25, 0.3) is 0 Å². The van der Waals surface area contributed by atoms with Gasteiger partial charge in [0.2, 0.25) is 0 Å². The van der Waals surface area contributed by atoms with Gasteiger partial charge in [-0.3, -0.25) is 9.48 Å². The van der Waals surface area contributed by atoms with Gasteiger partial charge in [0.05, 0.1) is 18.3 Å². The number of rotatable bonds is 6. The van der Waals surface area contributed by atoms with E-state index in [2.05, 4.69) is 28.9 Å². The van der Waals surface area contributed by atoms with E-state index >= 15 is 0 Å². The monoisotopic (exact) mass is 293 g/mol. The number of nitrogens with two attached hydrogens (primary N) is 1. The maximum absolute atomic E-state index is 11.2. The van der Waals surface area contributed by atoms with E-state index in [0.29, 0.717) is 5.75 Å². The number of aromatic nitrogens is 2. The number of nitrogens with zero attached hydrogens (tertiary/aromatic N) is 2. The molecule has 0 aliphatic rings. The summed E-state index contributed by atoms with van der Waals surface area (Å²) < 4.78 is 6.60. The van der Waals surface area contributed by atoms with Gasteiger partial charge < -0.3 is 10.5 Å². The number of hydrogen-bond acceptors (Lipinski definition) is 5. The van der Waals surface area contributed by atoms with Crippen molar-refractivity contribution in [2.24, 2.45) is 5.73 Å². The van der Waals surface area contributed by atoms with Crippen LogP contribution in [-0.4, -0.2) is 34.7 Å². The van der Waals surface area contributed by atoms with Crippen molar-refractivity contribution in [1.82, 2.24) is 9.78 Å². The first-order chi connectivity index (χ1) is 9.67. The molecular weight excluding hydrogens is 274 g/mol. The average molecular weight is 293 g/mol. The minimum Gasteiger partial charge on any atom is -0.468 e. The van der Waals surface area contributed by atoms with Crippen molar-refractivity contribution in [3.8, 4) is 0 Å². The van der Waals surface area contributed by atoms with Crippen LogP contribution in [0.3, 0.4) is 0 Å². The topological polar surface area (TPSA) is 70.1 Å². The first-order valence-electron chi connectivity index (χ1n) is 6.53. The highest BCUT2D eigenvalue weighted by Crippen LogP contribution is 2.22. The molecule has 108 valence electrons. The molecule has 2 aromatic rings. The van der Waals surface area contributed by atoms with Crippen molar-refractivity contribution in [3.63, 3.8) is 0 Å². The van der Waals surface area contributed by atoms with Crippen molar-refractivity contribution in [2.45, 2.75) is 25.3 Å². The lowest BCUT2D eigenvalue weighted by Crippen LogP contribution is -2.33. The van der Waals surface area contributed by atoms with Gasteiger partial charge in [0.1, 0.15) is 6.04 Å². The first kappa shape index (κ1) is 14.9. The predicted octanol–water partition coefficient (Wildman–Crippen LogP) is 1.79. The number of carbonyl (C=O) groups is 1. The minimum atomic E-state index is -0.579. The second kappa shape index (κ2) is 6.76. The number of ether oxygens (including phenoxy) is 1. The number of aryl methyl sites for hydroxylation is 1. The van der Waals surface area contributed by atoms with Gasteiger partial charge in [-0.15, -0.1) is 0 Å². The summed E-state index contributed by atoms with van der Waals surface area (Å²) >= 11 is 1.60. The normalized spacial score (nSPS) is 12.6.